The Morgan fingerprint density at radius 1 is 1.16 bits per heavy atom. The lowest BCUT2D eigenvalue weighted by Gasteiger charge is -2.25. The van der Waals surface area contributed by atoms with Gasteiger partial charge in [-0.1, -0.05) is 45.9 Å². The van der Waals surface area contributed by atoms with Crippen molar-refractivity contribution in [2.75, 3.05) is 13.7 Å². The molecule has 164 valence electrons. The molecule has 5 nitrogen and oxygen atoms in total. The molecule has 1 unspecified atom stereocenters. The van der Waals surface area contributed by atoms with Gasteiger partial charge in [-0.2, -0.15) is 0 Å². The Balaban J connectivity index is 2.25. The summed E-state index contributed by atoms with van der Waals surface area (Å²) in [4.78, 5) is 27.0. The summed E-state index contributed by atoms with van der Waals surface area (Å²) in [6.07, 6.45) is 0.592. The van der Waals surface area contributed by atoms with Crippen LogP contribution in [-0.4, -0.2) is 35.4 Å². The number of hydrogen-bond acceptors (Lipinski definition) is 4. The Kier molecular flexibility index (Phi) is 6.20. The summed E-state index contributed by atoms with van der Waals surface area (Å²) in [6.45, 7) is 8.17. The van der Waals surface area contributed by atoms with Gasteiger partial charge in [0.2, 0.25) is 0 Å². The fourth-order valence-corrected chi connectivity index (χ4v) is 3.97. The summed E-state index contributed by atoms with van der Waals surface area (Å²) in [5, 5.41) is 11.2. The van der Waals surface area contributed by atoms with E-state index in [1.807, 2.05) is 27.7 Å². The molecular weight excluding hydrogens is 397 g/mol. The van der Waals surface area contributed by atoms with E-state index >= 15 is 0 Å². The van der Waals surface area contributed by atoms with Crippen molar-refractivity contribution in [3.8, 4) is 5.75 Å². The molecule has 1 fully saturated rings. The summed E-state index contributed by atoms with van der Waals surface area (Å²) in [7, 11) is 1.57. The number of nitrogens with zero attached hydrogens (tertiary/aromatic N) is 1. The van der Waals surface area contributed by atoms with Gasteiger partial charge in [0.15, 0.2) is 0 Å². The molecule has 3 rings (SSSR count). The Hall–Kier alpha value is -3.15. The van der Waals surface area contributed by atoms with Crippen molar-refractivity contribution in [2.24, 2.45) is 0 Å². The minimum atomic E-state index is -0.985. The molecule has 1 amide bonds. The van der Waals surface area contributed by atoms with Crippen LogP contribution in [-0.2, 0) is 15.0 Å². The predicted octanol–water partition coefficient (Wildman–Crippen LogP) is 4.96. The summed E-state index contributed by atoms with van der Waals surface area (Å²) in [5.41, 5.74) is 1.00. The van der Waals surface area contributed by atoms with Crippen molar-refractivity contribution in [3.05, 3.63) is 70.5 Å². The fourth-order valence-electron chi connectivity index (χ4n) is 3.97. The second kappa shape index (κ2) is 8.53. The van der Waals surface area contributed by atoms with Crippen molar-refractivity contribution >= 4 is 17.4 Å². The lowest BCUT2D eigenvalue weighted by molar-refractivity contribution is -0.139. The van der Waals surface area contributed by atoms with Crippen LogP contribution >= 0.6 is 0 Å². The summed E-state index contributed by atoms with van der Waals surface area (Å²) in [5.74, 6) is -1.75. The molecule has 2 aromatic carbocycles. The van der Waals surface area contributed by atoms with Crippen LogP contribution in [0.25, 0.3) is 5.76 Å². The van der Waals surface area contributed by atoms with Crippen molar-refractivity contribution in [1.82, 2.24) is 4.90 Å². The van der Waals surface area contributed by atoms with Gasteiger partial charge in [0.25, 0.3) is 11.7 Å². The Bertz CT molecular complexity index is 1050. The smallest absolute Gasteiger partial charge is 0.295 e. The maximum Gasteiger partial charge on any atom is 0.295 e. The van der Waals surface area contributed by atoms with Gasteiger partial charge in [-0.3, -0.25) is 9.59 Å². The summed E-state index contributed by atoms with van der Waals surface area (Å²) < 4.78 is 20.1. The summed E-state index contributed by atoms with van der Waals surface area (Å²) in [6, 6.07) is 10.1. The monoisotopic (exact) mass is 425 g/mol. The van der Waals surface area contributed by atoms with E-state index in [0.29, 0.717) is 17.7 Å². The molecule has 0 aliphatic carbocycles. The van der Waals surface area contributed by atoms with Gasteiger partial charge in [0.1, 0.15) is 17.3 Å². The number of Topliss-reactive ketones (excluding diaryl/α,β-unsaturated/α-hetero) is 1. The zero-order valence-electron chi connectivity index (χ0n) is 18.5. The van der Waals surface area contributed by atoms with E-state index < -0.39 is 23.5 Å². The van der Waals surface area contributed by atoms with Crippen LogP contribution in [0, 0.1) is 5.82 Å². The minimum Gasteiger partial charge on any atom is -0.507 e. The van der Waals surface area contributed by atoms with Crippen molar-refractivity contribution in [2.45, 2.75) is 45.6 Å². The molecule has 1 aliphatic rings. The topological polar surface area (TPSA) is 66.8 Å². The quantitative estimate of drug-likeness (QED) is 0.418. The van der Waals surface area contributed by atoms with E-state index in [0.717, 1.165) is 5.56 Å². The van der Waals surface area contributed by atoms with Crippen molar-refractivity contribution < 1.29 is 23.8 Å². The van der Waals surface area contributed by atoms with Gasteiger partial charge < -0.3 is 14.7 Å². The number of hydrogen-bond donors (Lipinski definition) is 1. The number of carbonyl (C=O) groups is 2. The first-order valence-corrected chi connectivity index (χ1v) is 10.3. The minimum absolute atomic E-state index is 0.103. The molecule has 1 atom stereocenters. The molecule has 0 spiro atoms. The molecule has 1 heterocycles. The maximum absolute atomic E-state index is 14.7. The van der Waals surface area contributed by atoms with Crippen LogP contribution in [0.5, 0.6) is 5.75 Å². The third kappa shape index (κ3) is 4.07. The average Bonchev–Trinajstić information content (AvgIpc) is 2.97. The molecule has 31 heavy (non-hydrogen) atoms. The lowest BCUT2D eigenvalue weighted by atomic mass is 9.84. The number of likely N-dealkylation sites (tertiary alicyclic amines) is 1. The van der Waals surface area contributed by atoms with Crippen LogP contribution in [0.3, 0.4) is 0 Å². The highest BCUT2D eigenvalue weighted by Gasteiger charge is 2.46. The standard InChI is InChI=1S/C25H28FNO4/c1-6-13-27-21(16-9-7-8-10-18(16)26)20(23(29)24(27)30)22(28)15-11-12-19(31-5)17(14-15)25(2,3)4/h7-12,14,21,28H,6,13H2,1-5H3/b22-20+. The SMILES string of the molecule is CCCN1C(=O)C(=O)/C(=C(/O)c2ccc(OC)c(C(C)(C)C)c2)C1c1ccccc1F. The zero-order chi connectivity index (χ0) is 22.9. The van der Waals surface area contributed by atoms with Gasteiger partial charge >= 0.3 is 0 Å². The third-order valence-electron chi connectivity index (χ3n) is 5.49. The van der Waals surface area contributed by atoms with E-state index in [2.05, 4.69) is 0 Å². The van der Waals surface area contributed by atoms with Crippen molar-refractivity contribution in [3.63, 3.8) is 0 Å². The first-order valence-electron chi connectivity index (χ1n) is 10.3. The summed E-state index contributed by atoms with van der Waals surface area (Å²) >= 11 is 0. The van der Waals surface area contributed by atoms with Crippen molar-refractivity contribution in [1.29, 1.82) is 0 Å². The lowest BCUT2D eigenvalue weighted by Crippen LogP contribution is -2.30. The highest BCUT2D eigenvalue weighted by Crippen LogP contribution is 2.41. The maximum atomic E-state index is 14.7. The Morgan fingerprint density at radius 3 is 2.42 bits per heavy atom. The molecule has 0 radical (unpaired) electrons. The molecule has 1 saturated heterocycles. The molecule has 2 aromatic rings. The molecule has 0 saturated carbocycles. The normalized spacial score (nSPS) is 18.5. The number of methoxy groups -OCH3 is 1. The third-order valence-corrected chi connectivity index (χ3v) is 5.49. The number of benzene rings is 2. The van der Waals surface area contributed by atoms with E-state index in [1.54, 1.807) is 37.4 Å². The van der Waals surface area contributed by atoms with E-state index in [9.17, 15) is 19.1 Å². The van der Waals surface area contributed by atoms with Crippen LogP contribution in [0.4, 0.5) is 4.39 Å². The number of ether oxygens (including phenoxy) is 1. The van der Waals surface area contributed by atoms with Gasteiger partial charge in [0.05, 0.1) is 18.7 Å². The highest BCUT2D eigenvalue weighted by molar-refractivity contribution is 6.46. The van der Waals surface area contributed by atoms with E-state index in [-0.39, 0.29) is 28.9 Å². The Morgan fingerprint density at radius 2 is 1.84 bits per heavy atom. The van der Waals surface area contributed by atoms with E-state index in [1.165, 1.54) is 17.0 Å². The van der Waals surface area contributed by atoms with Crippen LogP contribution < -0.4 is 4.74 Å². The number of aliphatic hydroxyl groups is 1. The molecule has 0 aromatic heterocycles. The molecule has 6 heteroatoms. The molecule has 0 bridgehead atoms. The van der Waals surface area contributed by atoms with Crippen LogP contribution in [0.1, 0.15) is 56.8 Å². The Labute approximate surface area is 182 Å². The number of rotatable bonds is 5. The zero-order valence-corrected chi connectivity index (χ0v) is 18.5. The van der Waals surface area contributed by atoms with Gasteiger partial charge in [-0.15, -0.1) is 0 Å². The second-order valence-electron chi connectivity index (χ2n) is 8.68. The fraction of sp³-hybridized carbons (Fsp3) is 0.360. The number of amides is 1. The average molecular weight is 426 g/mol. The van der Waals surface area contributed by atoms with Crippen LogP contribution in [0.2, 0.25) is 0 Å². The van der Waals surface area contributed by atoms with Gasteiger partial charge in [-0.25, -0.2) is 4.39 Å². The largest absolute Gasteiger partial charge is 0.507 e. The molecule has 1 N–H and O–H groups in total. The molecule has 1 aliphatic heterocycles. The highest BCUT2D eigenvalue weighted by atomic mass is 19.1. The first-order chi connectivity index (χ1) is 14.6. The number of aliphatic hydroxyl groups excluding tert-OH is 1. The van der Waals surface area contributed by atoms with E-state index in [4.69, 9.17) is 4.74 Å². The first kappa shape index (κ1) is 22.5. The molecular formula is C25H28FNO4. The van der Waals surface area contributed by atoms with Gasteiger partial charge in [-0.05, 0) is 36.1 Å². The number of carbonyl (C=O) groups excluding carboxylic acids is 2. The number of halogens is 1. The predicted molar refractivity (Wildman–Crippen MR) is 117 cm³/mol. The second-order valence-corrected chi connectivity index (χ2v) is 8.68. The number of ketones is 1. The van der Waals surface area contributed by atoms with Gasteiger partial charge in [0, 0.05) is 23.2 Å². The van der Waals surface area contributed by atoms with Crippen LogP contribution in [0.15, 0.2) is 48.0 Å².